The Bertz CT molecular complexity index is 1650. The number of carbonyl (C=O) groups is 3. The van der Waals surface area contributed by atoms with Crippen LogP contribution in [0.15, 0.2) is 134 Å². The lowest BCUT2D eigenvalue weighted by atomic mass is 10.1. The summed E-state index contributed by atoms with van der Waals surface area (Å²) in [6.45, 7) is 6.45. The SMILES string of the molecule is CC/C=C\C/C=C\C/C=C\C/C=C\C/C=C\C/C=C\C/C=C\C/C=C\CCCCCCC(=O)OCC(COC(=O)CCCCCCCCC)OC(=O)CCCCCCCCCC/C=C\C/C=C\C/C=C\CCCCCCC. The van der Waals surface area contributed by atoms with E-state index in [-0.39, 0.29) is 31.1 Å². The number of carbonyl (C=O) groups excluding carboxylic acids is 3. The van der Waals surface area contributed by atoms with Crippen molar-refractivity contribution in [2.24, 2.45) is 0 Å². The largest absolute Gasteiger partial charge is 0.462 e. The van der Waals surface area contributed by atoms with Crippen molar-refractivity contribution in [3.63, 3.8) is 0 Å². The predicted molar refractivity (Wildman–Crippen MR) is 334 cm³/mol. The van der Waals surface area contributed by atoms with Gasteiger partial charge in [-0.3, -0.25) is 14.4 Å². The van der Waals surface area contributed by atoms with Crippen LogP contribution in [0.5, 0.6) is 0 Å². The smallest absolute Gasteiger partial charge is 0.306 e. The topological polar surface area (TPSA) is 78.9 Å². The molecule has 0 N–H and O–H groups in total. The molecule has 0 saturated heterocycles. The van der Waals surface area contributed by atoms with Gasteiger partial charge >= 0.3 is 17.9 Å². The maximum absolute atomic E-state index is 12.9. The highest BCUT2D eigenvalue weighted by molar-refractivity contribution is 5.71. The van der Waals surface area contributed by atoms with Gasteiger partial charge in [-0.05, 0) is 122 Å². The molecule has 1 atom stereocenters. The highest BCUT2D eigenvalue weighted by Gasteiger charge is 2.19. The van der Waals surface area contributed by atoms with Crippen LogP contribution in [0, 0.1) is 0 Å². The summed E-state index contributed by atoms with van der Waals surface area (Å²) in [6.07, 6.45) is 90.4. The Balaban J connectivity index is 4.26. The van der Waals surface area contributed by atoms with Gasteiger partial charge in [0.1, 0.15) is 13.2 Å². The van der Waals surface area contributed by atoms with E-state index in [0.29, 0.717) is 19.3 Å². The maximum atomic E-state index is 12.9. The molecule has 0 saturated carbocycles. The lowest BCUT2D eigenvalue weighted by molar-refractivity contribution is -0.167. The third-order valence-electron chi connectivity index (χ3n) is 13.1. The summed E-state index contributed by atoms with van der Waals surface area (Å²) in [5.41, 5.74) is 0. The minimum absolute atomic E-state index is 0.0921. The molecule has 0 aromatic rings. The molecule has 0 heterocycles. The van der Waals surface area contributed by atoms with E-state index in [2.05, 4.69) is 154 Å². The van der Waals surface area contributed by atoms with Gasteiger partial charge < -0.3 is 14.2 Å². The quantitative estimate of drug-likeness (QED) is 0.0261. The molecule has 0 aromatic carbocycles. The number of allylic oxidation sites excluding steroid dienone is 22. The van der Waals surface area contributed by atoms with Crippen molar-refractivity contribution in [3.05, 3.63) is 134 Å². The van der Waals surface area contributed by atoms with Gasteiger partial charge in [-0.2, -0.15) is 0 Å². The minimum Gasteiger partial charge on any atom is -0.462 e. The Hall–Kier alpha value is -4.45. The lowest BCUT2D eigenvalue weighted by Crippen LogP contribution is -2.30. The zero-order valence-electron chi connectivity index (χ0n) is 49.9. The zero-order valence-corrected chi connectivity index (χ0v) is 49.9. The van der Waals surface area contributed by atoms with Gasteiger partial charge in [-0.15, -0.1) is 0 Å². The second-order valence-electron chi connectivity index (χ2n) is 20.6. The van der Waals surface area contributed by atoms with Crippen LogP contribution in [0.4, 0.5) is 0 Å². The van der Waals surface area contributed by atoms with Crippen LogP contribution in [0.3, 0.4) is 0 Å². The Morgan fingerprint density at radius 3 is 0.792 bits per heavy atom. The second kappa shape index (κ2) is 64.1. The molecule has 0 spiro atoms. The predicted octanol–water partition coefficient (Wildman–Crippen LogP) is 21.8. The highest BCUT2D eigenvalue weighted by Crippen LogP contribution is 2.14. The molecule has 0 aromatic heterocycles. The average Bonchev–Trinajstić information content (AvgIpc) is 3.43. The van der Waals surface area contributed by atoms with Gasteiger partial charge in [0, 0.05) is 19.3 Å². The summed E-state index contributed by atoms with van der Waals surface area (Å²) < 4.78 is 16.8. The molecule has 0 rings (SSSR count). The van der Waals surface area contributed by atoms with Crippen molar-refractivity contribution in [3.8, 4) is 0 Å². The van der Waals surface area contributed by atoms with Crippen molar-refractivity contribution in [1.29, 1.82) is 0 Å². The van der Waals surface area contributed by atoms with Crippen LogP contribution in [0.1, 0.15) is 278 Å². The maximum Gasteiger partial charge on any atom is 0.306 e. The first-order chi connectivity index (χ1) is 38.0. The van der Waals surface area contributed by atoms with Gasteiger partial charge in [0.25, 0.3) is 0 Å². The highest BCUT2D eigenvalue weighted by atomic mass is 16.6. The molecule has 0 bridgehead atoms. The average molecular weight is 1070 g/mol. The number of rotatable bonds is 56. The fourth-order valence-corrected chi connectivity index (χ4v) is 8.41. The molecule has 1 unspecified atom stereocenters. The van der Waals surface area contributed by atoms with E-state index in [1.165, 1.54) is 96.3 Å². The van der Waals surface area contributed by atoms with Crippen LogP contribution < -0.4 is 0 Å². The molecular weight excluding hydrogens is 949 g/mol. The molecule has 0 fully saturated rings. The van der Waals surface area contributed by atoms with Crippen LogP contribution in [-0.2, 0) is 28.6 Å². The van der Waals surface area contributed by atoms with Gasteiger partial charge in [-0.1, -0.05) is 270 Å². The summed E-state index contributed by atoms with van der Waals surface area (Å²) in [4.78, 5) is 38.1. The van der Waals surface area contributed by atoms with E-state index in [0.717, 1.165) is 141 Å². The van der Waals surface area contributed by atoms with E-state index < -0.39 is 6.10 Å². The van der Waals surface area contributed by atoms with Crippen LogP contribution in [0.25, 0.3) is 0 Å². The van der Waals surface area contributed by atoms with E-state index in [9.17, 15) is 14.4 Å². The fraction of sp³-hybridized carbons (Fsp3) is 0.648. The van der Waals surface area contributed by atoms with Crippen LogP contribution in [-0.4, -0.2) is 37.2 Å². The number of unbranched alkanes of at least 4 members (excludes halogenated alkanes) is 23. The fourth-order valence-electron chi connectivity index (χ4n) is 8.41. The number of hydrogen-bond donors (Lipinski definition) is 0. The molecular formula is C71H116O6. The first-order valence-corrected chi connectivity index (χ1v) is 31.7. The van der Waals surface area contributed by atoms with Crippen LogP contribution >= 0.6 is 0 Å². The Morgan fingerprint density at radius 1 is 0.273 bits per heavy atom. The second-order valence-corrected chi connectivity index (χ2v) is 20.6. The molecule has 0 aliphatic carbocycles. The van der Waals surface area contributed by atoms with E-state index in [1.807, 2.05) is 0 Å². The monoisotopic (exact) mass is 1060 g/mol. The third kappa shape index (κ3) is 62.3. The summed E-state index contributed by atoms with van der Waals surface area (Å²) in [5, 5.41) is 0. The molecule has 436 valence electrons. The zero-order chi connectivity index (χ0) is 55.7. The molecule has 0 aliphatic heterocycles. The van der Waals surface area contributed by atoms with Crippen molar-refractivity contribution in [2.45, 2.75) is 284 Å². The number of esters is 3. The van der Waals surface area contributed by atoms with Crippen molar-refractivity contribution < 1.29 is 28.6 Å². The van der Waals surface area contributed by atoms with E-state index in [1.54, 1.807) is 0 Å². The molecule has 0 aliphatic rings. The number of ether oxygens (including phenoxy) is 3. The first-order valence-electron chi connectivity index (χ1n) is 31.7. The summed E-state index contributed by atoms with van der Waals surface area (Å²) in [6, 6.07) is 0. The van der Waals surface area contributed by atoms with Gasteiger partial charge in [0.05, 0.1) is 0 Å². The molecule has 0 amide bonds. The summed E-state index contributed by atoms with van der Waals surface area (Å²) >= 11 is 0. The third-order valence-corrected chi connectivity index (χ3v) is 13.1. The molecule has 77 heavy (non-hydrogen) atoms. The van der Waals surface area contributed by atoms with Crippen LogP contribution in [0.2, 0.25) is 0 Å². The standard InChI is InChI=1S/C71H116O6/c1-4-7-10-13-16-18-20-22-24-26-28-30-32-33-34-35-36-37-39-40-42-44-46-48-50-52-55-58-61-64-70(73)76-67-68(66-75-69(72)63-60-57-54-15-12-9-6-3)77-71(74)65-62-59-56-53-51-49-47-45-43-41-38-31-29-27-25-23-21-19-17-14-11-8-5-2/h7,10,16,18,21-24,27-30,33-34,36-38,40-42,46,48,68H,4-6,8-9,11-15,17,19-20,25-26,31-32,35,39,43-45,47,49-67H2,1-3H3/b10-7-,18-16-,23-21-,24-22-,29-27-,30-28-,34-33-,37-36-,41-38-,42-40-,48-46-. The molecule has 0 radical (unpaired) electrons. The summed E-state index contributed by atoms with van der Waals surface area (Å²) in [7, 11) is 0. The Morgan fingerprint density at radius 2 is 0.506 bits per heavy atom. The normalized spacial score (nSPS) is 13.0. The summed E-state index contributed by atoms with van der Waals surface area (Å²) in [5.74, 6) is -0.933. The minimum atomic E-state index is -0.795. The van der Waals surface area contributed by atoms with Crippen molar-refractivity contribution in [1.82, 2.24) is 0 Å². The Labute approximate surface area is 475 Å². The number of hydrogen-bond acceptors (Lipinski definition) is 6. The lowest BCUT2D eigenvalue weighted by Gasteiger charge is -2.18. The first kappa shape index (κ1) is 72.5. The van der Waals surface area contributed by atoms with E-state index in [4.69, 9.17) is 14.2 Å². The van der Waals surface area contributed by atoms with Crippen molar-refractivity contribution in [2.75, 3.05) is 13.2 Å². The van der Waals surface area contributed by atoms with Gasteiger partial charge in [0.2, 0.25) is 0 Å². The van der Waals surface area contributed by atoms with E-state index >= 15 is 0 Å². The van der Waals surface area contributed by atoms with Crippen molar-refractivity contribution >= 4 is 17.9 Å². The molecule has 6 nitrogen and oxygen atoms in total. The van der Waals surface area contributed by atoms with Gasteiger partial charge in [-0.25, -0.2) is 0 Å². The molecule has 6 heteroatoms. The Kier molecular flexibility index (Phi) is 60.4. The van der Waals surface area contributed by atoms with Gasteiger partial charge in [0.15, 0.2) is 6.10 Å².